The SMILES string of the molecule is O=C(Cn1cnc2sc3c(c2c1=O)CCCC3)c1ccc(Cl)cc1. The molecule has 1 aliphatic rings. The summed E-state index contributed by atoms with van der Waals surface area (Å²) in [7, 11) is 0. The van der Waals surface area contributed by atoms with Gasteiger partial charge in [0.05, 0.1) is 18.3 Å². The van der Waals surface area contributed by atoms with Crippen LogP contribution in [0.3, 0.4) is 0 Å². The van der Waals surface area contributed by atoms with Crippen molar-refractivity contribution in [3.8, 4) is 0 Å². The van der Waals surface area contributed by atoms with E-state index in [1.54, 1.807) is 35.6 Å². The Morgan fingerprint density at radius 3 is 2.75 bits per heavy atom. The first kappa shape index (κ1) is 15.5. The van der Waals surface area contributed by atoms with Crippen molar-refractivity contribution < 1.29 is 4.79 Å². The first-order chi connectivity index (χ1) is 11.6. The quantitative estimate of drug-likeness (QED) is 0.668. The number of carbonyl (C=O) groups excluding carboxylic acids is 1. The van der Waals surface area contributed by atoms with E-state index in [1.807, 2.05) is 0 Å². The van der Waals surface area contributed by atoms with E-state index in [1.165, 1.54) is 22.2 Å². The number of aromatic nitrogens is 2. The number of nitrogens with zero attached hydrogens (tertiary/aromatic N) is 2. The second-order valence-corrected chi connectivity index (χ2v) is 7.52. The average Bonchev–Trinajstić information content (AvgIpc) is 2.97. The standard InChI is InChI=1S/C18H15ClN2O2S/c19-12-7-5-11(6-8-12)14(22)9-21-10-20-17-16(18(21)23)13-3-1-2-4-15(13)24-17/h5-8,10H,1-4,9H2. The molecule has 0 amide bonds. The van der Waals surface area contributed by atoms with E-state index < -0.39 is 0 Å². The molecule has 2 heterocycles. The zero-order valence-electron chi connectivity index (χ0n) is 12.9. The van der Waals surface area contributed by atoms with Crippen molar-refractivity contribution in [1.82, 2.24) is 9.55 Å². The van der Waals surface area contributed by atoms with Gasteiger partial charge in [-0.05, 0) is 55.5 Å². The van der Waals surface area contributed by atoms with Gasteiger partial charge in [0.1, 0.15) is 4.83 Å². The van der Waals surface area contributed by atoms with Crippen LogP contribution < -0.4 is 5.56 Å². The van der Waals surface area contributed by atoms with E-state index in [0.29, 0.717) is 16.0 Å². The minimum absolute atomic E-state index is 0.00593. The lowest BCUT2D eigenvalue weighted by Crippen LogP contribution is -2.25. The number of fused-ring (bicyclic) bond motifs is 3. The van der Waals surface area contributed by atoms with Crippen molar-refractivity contribution in [2.45, 2.75) is 32.2 Å². The van der Waals surface area contributed by atoms with E-state index in [0.717, 1.165) is 29.7 Å². The topological polar surface area (TPSA) is 52.0 Å². The molecule has 0 unspecified atom stereocenters. The molecule has 0 saturated heterocycles. The van der Waals surface area contributed by atoms with E-state index in [-0.39, 0.29) is 17.9 Å². The van der Waals surface area contributed by atoms with Crippen LogP contribution in [0.5, 0.6) is 0 Å². The van der Waals surface area contributed by atoms with E-state index in [4.69, 9.17) is 11.6 Å². The number of halogens is 1. The number of Topliss-reactive ketones (excluding diaryl/α,β-unsaturated/α-hetero) is 1. The van der Waals surface area contributed by atoms with Crippen molar-refractivity contribution in [1.29, 1.82) is 0 Å². The smallest absolute Gasteiger partial charge is 0.262 e. The molecule has 122 valence electrons. The summed E-state index contributed by atoms with van der Waals surface area (Å²) in [4.78, 5) is 31.7. The van der Waals surface area contributed by atoms with Crippen molar-refractivity contribution >= 4 is 38.9 Å². The number of thiophene rings is 1. The highest BCUT2D eigenvalue weighted by Gasteiger charge is 2.20. The van der Waals surface area contributed by atoms with Crippen molar-refractivity contribution in [3.63, 3.8) is 0 Å². The van der Waals surface area contributed by atoms with Crippen molar-refractivity contribution in [2.24, 2.45) is 0 Å². The highest BCUT2D eigenvalue weighted by atomic mass is 35.5. The molecule has 3 aromatic rings. The van der Waals surface area contributed by atoms with Gasteiger partial charge in [-0.25, -0.2) is 4.98 Å². The van der Waals surface area contributed by atoms with Gasteiger partial charge in [-0.1, -0.05) is 11.6 Å². The van der Waals surface area contributed by atoms with E-state index >= 15 is 0 Å². The zero-order valence-corrected chi connectivity index (χ0v) is 14.5. The summed E-state index contributed by atoms with van der Waals surface area (Å²) in [6, 6.07) is 6.70. The second kappa shape index (κ2) is 6.15. The molecule has 0 saturated carbocycles. The predicted molar refractivity (Wildman–Crippen MR) is 96.3 cm³/mol. The van der Waals surface area contributed by atoms with Gasteiger partial charge in [0.15, 0.2) is 5.78 Å². The maximum atomic E-state index is 12.8. The largest absolute Gasteiger partial charge is 0.292 e. The van der Waals surface area contributed by atoms with Gasteiger partial charge in [0, 0.05) is 15.5 Å². The fraction of sp³-hybridized carbons (Fsp3) is 0.278. The maximum absolute atomic E-state index is 12.8. The molecule has 0 N–H and O–H groups in total. The second-order valence-electron chi connectivity index (χ2n) is 6.00. The van der Waals surface area contributed by atoms with Gasteiger partial charge in [-0.2, -0.15) is 0 Å². The number of hydrogen-bond donors (Lipinski definition) is 0. The third-order valence-electron chi connectivity index (χ3n) is 4.42. The molecule has 4 nitrogen and oxygen atoms in total. The third kappa shape index (κ3) is 2.68. The van der Waals surface area contributed by atoms with Crippen LogP contribution in [0.1, 0.15) is 33.6 Å². The lowest BCUT2D eigenvalue weighted by Gasteiger charge is -2.10. The number of carbonyl (C=O) groups is 1. The van der Waals surface area contributed by atoms with Crippen molar-refractivity contribution in [3.05, 3.63) is 62.0 Å². The fourth-order valence-corrected chi connectivity index (χ4v) is 4.52. The Kier molecular flexibility index (Phi) is 3.98. The molecule has 24 heavy (non-hydrogen) atoms. The molecule has 1 aliphatic carbocycles. The molecule has 0 atom stereocenters. The lowest BCUT2D eigenvalue weighted by molar-refractivity contribution is 0.0970. The van der Waals surface area contributed by atoms with Crippen LogP contribution >= 0.6 is 22.9 Å². The highest BCUT2D eigenvalue weighted by molar-refractivity contribution is 7.18. The van der Waals surface area contributed by atoms with Gasteiger partial charge in [-0.3, -0.25) is 14.2 Å². The minimum atomic E-state index is -0.126. The van der Waals surface area contributed by atoms with E-state index in [9.17, 15) is 9.59 Å². The van der Waals surface area contributed by atoms with Gasteiger partial charge < -0.3 is 0 Å². The fourth-order valence-electron chi connectivity index (χ4n) is 3.18. The molecule has 2 aromatic heterocycles. The molecule has 0 bridgehead atoms. The molecule has 1 aromatic carbocycles. The molecule has 4 rings (SSSR count). The molecular weight excluding hydrogens is 344 g/mol. The van der Waals surface area contributed by atoms with Gasteiger partial charge in [0.2, 0.25) is 0 Å². The Bertz CT molecular complexity index is 989. The number of hydrogen-bond acceptors (Lipinski definition) is 4. The summed E-state index contributed by atoms with van der Waals surface area (Å²) in [5.41, 5.74) is 1.58. The van der Waals surface area contributed by atoms with E-state index in [2.05, 4.69) is 4.98 Å². The molecule has 0 aliphatic heterocycles. The number of aryl methyl sites for hydroxylation is 2. The monoisotopic (exact) mass is 358 g/mol. The normalized spacial score (nSPS) is 13.9. The zero-order chi connectivity index (χ0) is 16.7. The molecule has 0 spiro atoms. The maximum Gasteiger partial charge on any atom is 0.262 e. The molecule has 0 fully saturated rings. The third-order valence-corrected chi connectivity index (χ3v) is 5.87. The summed E-state index contributed by atoms with van der Waals surface area (Å²) >= 11 is 7.46. The number of ketones is 1. The summed E-state index contributed by atoms with van der Waals surface area (Å²) in [6.45, 7) is -0.00593. The summed E-state index contributed by atoms with van der Waals surface area (Å²) < 4.78 is 1.42. The Labute approximate surface area is 147 Å². The Morgan fingerprint density at radius 1 is 1.21 bits per heavy atom. The van der Waals surface area contributed by atoms with Crippen LogP contribution in [0.4, 0.5) is 0 Å². The first-order valence-corrected chi connectivity index (χ1v) is 9.11. The van der Waals surface area contributed by atoms with Crippen LogP contribution in [0.25, 0.3) is 10.2 Å². The number of rotatable bonds is 3. The van der Waals surface area contributed by atoms with Gasteiger partial charge >= 0.3 is 0 Å². The lowest BCUT2D eigenvalue weighted by atomic mass is 9.97. The average molecular weight is 359 g/mol. The van der Waals surface area contributed by atoms with Crippen LogP contribution in [-0.4, -0.2) is 15.3 Å². The first-order valence-electron chi connectivity index (χ1n) is 7.92. The van der Waals surface area contributed by atoms with Crippen LogP contribution in [0.15, 0.2) is 35.4 Å². The molecular formula is C18H15ClN2O2S. The Hall–Kier alpha value is -1.98. The molecule has 6 heteroatoms. The van der Waals surface area contributed by atoms with Crippen molar-refractivity contribution in [2.75, 3.05) is 0 Å². The van der Waals surface area contributed by atoms with Gasteiger partial charge in [-0.15, -0.1) is 11.3 Å². The summed E-state index contributed by atoms with van der Waals surface area (Å²) in [6.07, 6.45) is 5.72. The highest BCUT2D eigenvalue weighted by Crippen LogP contribution is 2.33. The summed E-state index contributed by atoms with van der Waals surface area (Å²) in [5.74, 6) is -0.126. The number of benzene rings is 1. The summed E-state index contributed by atoms with van der Waals surface area (Å²) in [5, 5.41) is 1.29. The molecule has 0 radical (unpaired) electrons. The van der Waals surface area contributed by atoms with Crippen LogP contribution in [0.2, 0.25) is 5.02 Å². The van der Waals surface area contributed by atoms with Crippen LogP contribution in [0, 0.1) is 0 Å². The van der Waals surface area contributed by atoms with Crippen LogP contribution in [-0.2, 0) is 19.4 Å². The predicted octanol–water partition coefficient (Wildman–Crippen LogP) is 3.87. The van der Waals surface area contributed by atoms with Gasteiger partial charge in [0.25, 0.3) is 5.56 Å². The Morgan fingerprint density at radius 2 is 1.96 bits per heavy atom. The minimum Gasteiger partial charge on any atom is -0.292 e. The Balaban J connectivity index is 1.72.